The third-order valence-electron chi connectivity index (χ3n) is 1.51. The fourth-order valence-electron chi connectivity index (χ4n) is 1.06. The van der Waals surface area contributed by atoms with Gasteiger partial charge in [-0.05, 0) is 21.0 Å². The molecule has 0 unspecified atom stereocenters. The number of hydrogen-bond donors (Lipinski definition) is 0. The first kappa shape index (κ1) is 10.3. The molecule has 0 fully saturated rings. The first-order chi connectivity index (χ1) is 6.08. The number of rotatable bonds is 4. The van der Waals surface area contributed by atoms with Crippen molar-refractivity contribution >= 4 is 17.1 Å². The van der Waals surface area contributed by atoms with Gasteiger partial charge in [-0.15, -0.1) is 11.3 Å². The smallest absolute Gasteiger partial charge is 0.153 e. The zero-order chi connectivity index (χ0) is 9.84. The van der Waals surface area contributed by atoms with Crippen LogP contribution in [0, 0.1) is 6.92 Å². The van der Waals surface area contributed by atoms with Crippen molar-refractivity contribution in [1.82, 2.24) is 9.88 Å². The second kappa shape index (κ2) is 4.48. The van der Waals surface area contributed by atoms with Crippen LogP contribution in [0.25, 0.3) is 0 Å². The van der Waals surface area contributed by atoms with Crippen molar-refractivity contribution < 1.29 is 4.79 Å². The molecule has 0 aliphatic heterocycles. The highest BCUT2D eigenvalue weighted by atomic mass is 32.1. The molecule has 0 atom stereocenters. The number of aryl methyl sites for hydroxylation is 1. The van der Waals surface area contributed by atoms with Gasteiger partial charge >= 0.3 is 0 Å². The van der Waals surface area contributed by atoms with Crippen LogP contribution in [0.5, 0.6) is 0 Å². The summed E-state index contributed by atoms with van der Waals surface area (Å²) in [6.45, 7) is 2.44. The topological polar surface area (TPSA) is 33.2 Å². The van der Waals surface area contributed by atoms with Gasteiger partial charge in [0.2, 0.25) is 0 Å². The Labute approximate surface area is 82.4 Å². The maximum Gasteiger partial charge on any atom is 0.153 e. The Bertz CT molecular complexity index is 294. The van der Waals surface area contributed by atoms with Crippen molar-refractivity contribution in [1.29, 1.82) is 0 Å². The minimum Gasteiger partial charge on any atom is -0.302 e. The first-order valence-corrected chi connectivity index (χ1v) is 5.03. The van der Waals surface area contributed by atoms with Crippen molar-refractivity contribution in [3.8, 4) is 0 Å². The predicted octanol–water partition coefficient (Wildman–Crippen LogP) is 1.12. The van der Waals surface area contributed by atoms with Crippen LogP contribution < -0.4 is 0 Å². The molecule has 0 N–H and O–H groups in total. The number of ketones is 1. The van der Waals surface area contributed by atoms with E-state index in [1.165, 1.54) is 0 Å². The number of likely N-dealkylation sites (N-methyl/N-ethyl adjacent to an activating group) is 1. The Hall–Kier alpha value is -0.740. The van der Waals surface area contributed by atoms with Crippen molar-refractivity contribution in [2.75, 3.05) is 20.6 Å². The number of Topliss-reactive ketones (excluding diaryl/α,β-unsaturated/α-hetero) is 1. The summed E-state index contributed by atoms with van der Waals surface area (Å²) in [5, 5.41) is 2.89. The molecule has 0 bridgehead atoms. The van der Waals surface area contributed by atoms with Gasteiger partial charge in [0.25, 0.3) is 0 Å². The fourth-order valence-corrected chi connectivity index (χ4v) is 1.86. The summed E-state index contributed by atoms with van der Waals surface area (Å²) >= 11 is 1.55. The molecule has 1 heterocycles. The molecule has 0 amide bonds. The summed E-state index contributed by atoms with van der Waals surface area (Å²) in [4.78, 5) is 17.5. The van der Waals surface area contributed by atoms with Gasteiger partial charge in [0.1, 0.15) is 5.01 Å². The Kier molecular flexibility index (Phi) is 3.57. The quantitative estimate of drug-likeness (QED) is 0.727. The van der Waals surface area contributed by atoms with Crippen LogP contribution in [-0.4, -0.2) is 36.3 Å². The van der Waals surface area contributed by atoms with E-state index in [0.717, 1.165) is 10.7 Å². The Morgan fingerprint density at radius 3 is 2.77 bits per heavy atom. The zero-order valence-corrected chi connectivity index (χ0v) is 9.02. The standard InChI is InChI=1S/C9H14N2OS/c1-7-6-13-9(10-7)4-8(12)5-11(2)3/h6H,4-5H2,1-3H3. The molecule has 0 saturated heterocycles. The lowest BCUT2D eigenvalue weighted by molar-refractivity contribution is -0.119. The van der Waals surface area contributed by atoms with E-state index in [2.05, 4.69) is 4.98 Å². The summed E-state index contributed by atoms with van der Waals surface area (Å²) in [6.07, 6.45) is 0.469. The van der Waals surface area contributed by atoms with Gasteiger partial charge in [0, 0.05) is 11.1 Å². The summed E-state index contributed by atoms with van der Waals surface area (Å²) in [5.41, 5.74) is 0.998. The van der Waals surface area contributed by atoms with E-state index >= 15 is 0 Å². The Morgan fingerprint density at radius 1 is 1.62 bits per heavy atom. The maximum atomic E-state index is 11.4. The maximum absolute atomic E-state index is 11.4. The molecular weight excluding hydrogens is 184 g/mol. The molecule has 0 aromatic carbocycles. The van der Waals surface area contributed by atoms with Crippen LogP contribution in [0.2, 0.25) is 0 Å². The monoisotopic (exact) mass is 198 g/mol. The molecule has 1 rings (SSSR count). The molecule has 4 heteroatoms. The number of carbonyl (C=O) groups is 1. The molecule has 0 spiro atoms. The van der Waals surface area contributed by atoms with E-state index in [4.69, 9.17) is 0 Å². The normalized spacial score (nSPS) is 10.8. The van der Waals surface area contributed by atoms with E-state index < -0.39 is 0 Å². The molecule has 0 radical (unpaired) electrons. The van der Waals surface area contributed by atoms with Crippen LogP contribution >= 0.6 is 11.3 Å². The lowest BCUT2D eigenvalue weighted by Crippen LogP contribution is -2.22. The Balaban J connectivity index is 2.45. The summed E-state index contributed by atoms with van der Waals surface area (Å²) in [5.74, 6) is 0.222. The van der Waals surface area contributed by atoms with Gasteiger partial charge in [-0.25, -0.2) is 4.98 Å². The minimum absolute atomic E-state index is 0.222. The largest absolute Gasteiger partial charge is 0.302 e. The molecule has 0 aliphatic rings. The Morgan fingerprint density at radius 2 is 2.31 bits per heavy atom. The van der Waals surface area contributed by atoms with Gasteiger partial charge in [-0.3, -0.25) is 4.79 Å². The molecule has 0 aliphatic carbocycles. The molecule has 1 aromatic heterocycles. The van der Waals surface area contributed by atoms with Crippen molar-refractivity contribution in [2.45, 2.75) is 13.3 Å². The highest BCUT2D eigenvalue weighted by Gasteiger charge is 2.07. The van der Waals surface area contributed by atoms with Crippen molar-refractivity contribution in [2.24, 2.45) is 0 Å². The predicted molar refractivity (Wildman–Crippen MR) is 54.1 cm³/mol. The molecular formula is C9H14N2OS. The third-order valence-corrected chi connectivity index (χ3v) is 2.47. The zero-order valence-electron chi connectivity index (χ0n) is 8.20. The fraction of sp³-hybridized carbons (Fsp3) is 0.556. The highest BCUT2D eigenvalue weighted by molar-refractivity contribution is 7.09. The van der Waals surface area contributed by atoms with E-state index in [-0.39, 0.29) is 5.78 Å². The van der Waals surface area contributed by atoms with Crippen LogP contribution in [-0.2, 0) is 11.2 Å². The lowest BCUT2D eigenvalue weighted by atomic mass is 10.3. The average molecular weight is 198 g/mol. The van der Waals surface area contributed by atoms with Gasteiger partial charge in [0.05, 0.1) is 13.0 Å². The van der Waals surface area contributed by atoms with Crippen LogP contribution in [0.4, 0.5) is 0 Å². The van der Waals surface area contributed by atoms with Crippen molar-refractivity contribution in [3.63, 3.8) is 0 Å². The van der Waals surface area contributed by atoms with Crippen LogP contribution in [0.15, 0.2) is 5.38 Å². The molecule has 1 aromatic rings. The average Bonchev–Trinajstić information content (AvgIpc) is 2.33. The van der Waals surface area contributed by atoms with Crippen LogP contribution in [0.1, 0.15) is 10.7 Å². The van der Waals surface area contributed by atoms with Gasteiger partial charge in [0.15, 0.2) is 5.78 Å². The second-order valence-electron chi connectivity index (χ2n) is 3.34. The summed E-state index contributed by atoms with van der Waals surface area (Å²) < 4.78 is 0. The summed E-state index contributed by atoms with van der Waals surface area (Å²) in [7, 11) is 3.79. The minimum atomic E-state index is 0.222. The SMILES string of the molecule is Cc1csc(CC(=O)CN(C)C)n1. The molecule has 3 nitrogen and oxygen atoms in total. The van der Waals surface area contributed by atoms with Crippen LogP contribution in [0.3, 0.4) is 0 Å². The van der Waals surface area contributed by atoms with E-state index in [0.29, 0.717) is 13.0 Å². The van der Waals surface area contributed by atoms with Gasteiger partial charge < -0.3 is 4.90 Å². The van der Waals surface area contributed by atoms with Gasteiger partial charge in [-0.1, -0.05) is 0 Å². The van der Waals surface area contributed by atoms with Crippen molar-refractivity contribution in [3.05, 3.63) is 16.1 Å². The summed E-state index contributed by atoms with van der Waals surface area (Å²) in [6, 6.07) is 0. The number of thiazole rings is 1. The lowest BCUT2D eigenvalue weighted by Gasteiger charge is -2.06. The molecule has 13 heavy (non-hydrogen) atoms. The number of hydrogen-bond acceptors (Lipinski definition) is 4. The first-order valence-electron chi connectivity index (χ1n) is 4.15. The molecule has 72 valence electrons. The van der Waals surface area contributed by atoms with Gasteiger partial charge in [-0.2, -0.15) is 0 Å². The highest BCUT2D eigenvalue weighted by Crippen LogP contribution is 2.09. The number of nitrogens with zero attached hydrogens (tertiary/aromatic N) is 2. The second-order valence-corrected chi connectivity index (χ2v) is 4.28. The number of carbonyl (C=O) groups excluding carboxylic acids is 1. The van der Waals surface area contributed by atoms with E-state index in [9.17, 15) is 4.79 Å². The molecule has 0 saturated carbocycles. The number of aromatic nitrogens is 1. The van der Waals surface area contributed by atoms with E-state index in [1.54, 1.807) is 11.3 Å². The van der Waals surface area contributed by atoms with E-state index in [1.807, 2.05) is 31.3 Å². The third kappa shape index (κ3) is 3.65.